The van der Waals surface area contributed by atoms with E-state index >= 15 is 0 Å². The Morgan fingerprint density at radius 3 is 2.67 bits per heavy atom. The van der Waals surface area contributed by atoms with Crippen LogP contribution in [0.2, 0.25) is 0 Å². The first-order chi connectivity index (χ1) is 5.69. The maximum absolute atomic E-state index is 12.7. The van der Waals surface area contributed by atoms with E-state index in [1.165, 1.54) is 0 Å². The SMILES string of the molecule is O=Cc1c(F)cc(NP)nc1F. The van der Waals surface area contributed by atoms with Crippen molar-refractivity contribution in [3.8, 4) is 0 Å². The fourth-order valence-electron chi connectivity index (χ4n) is 0.673. The molecular formula is C6H5F2N2OP. The number of carbonyl (C=O) groups excluding carboxylic acids is 1. The van der Waals surface area contributed by atoms with Gasteiger partial charge in [-0.05, 0) is 9.39 Å². The van der Waals surface area contributed by atoms with Gasteiger partial charge in [-0.2, -0.15) is 4.39 Å². The highest BCUT2D eigenvalue weighted by Gasteiger charge is 2.10. The summed E-state index contributed by atoms with van der Waals surface area (Å²) in [6.45, 7) is 0. The van der Waals surface area contributed by atoms with E-state index in [4.69, 9.17) is 0 Å². The number of hydrogen-bond acceptors (Lipinski definition) is 3. The number of halogens is 2. The molecule has 1 aromatic heterocycles. The van der Waals surface area contributed by atoms with Gasteiger partial charge in [0.1, 0.15) is 17.2 Å². The van der Waals surface area contributed by atoms with Gasteiger partial charge in [-0.3, -0.25) is 4.79 Å². The third-order valence-electron chi connectivity index (χ3n) is 1.23. The van der Waals surface area contributed by atoms with Crippen LogP contribution in [0.15, 0.2) is 6.07 Å². The minimum Gasteiger partial charge on any atom is -0.354 e. The van der Waals surface area contributed by atoms with Crippen LogP contribution in [-0.2, 0) is 0 Å². The molecule has 6 heteroatoms. The minimum atomic E-state index is -1.12. The van der Waals surface area contributed by atoms with Gasteiger partial charge in [-0.1, -0.05) is 0 Å². The average molecular weight is 190 g/mol. The second kappa shape index (κ2) is 3.54. The lowest BCUT2D eigenvalue weighted by Crippen LogP contribution is -1.99. The summed E-state index contributed by atoms with van der Waals surface area (Å²) in [5.41, 5.74) is -0.654. The molecule has 0 aliphatic carbocycles. The van der Waals surface area contributed by atoms with Crippen LogP contribution in [0.25, 0.3) is 0 Å². The van der Waals surface area contributed by atoms with Crippen LogP contribution in [0.1, 0.15) is 10.4 Å². The van der Waals surface area contributed by atoms with Crippen molar-refractivity contribution in [1.29, 1.82) is 0 Å². The first-order valence-electron chi connectivity index (χ1n) is 2.97. The van der Waals surface area contributed by atoms with Gasteiger partial charge >= 0.3 is 0 Å². The molecular weight excluding hydrogens is 185 g/mol. The van der Waals surface area contributed by atoms with Gasteiger partial charge in [0.05, 0.1) is 0 Å². The van der Waals surface area contributed by atoms with Gasteiger partial charge in [0.2, 0.25) is 5.95 Å². The molecule has 0 saturated heterocycles. The number of anilines is 1. The Labute approximate surface area is 69.4 Å². The minimum absolute atomic E-state index is 0.0144. The number of pyridine rings is 1. The van der Waals surface area contributed by atoms with Gasteiger partial charge in [0, 0.05) is 6.07 Å². The molecule has 0 aliphatic heterocycles. The number of hydrogen-bond donors (Lipinski definition) is 1. The summed E-state index contributed by atoms with van der Waals surface area (Å²) in [6, 6.07) is 0.930. The zero-order chi connectivity index (χ0) is 9.14. The summed E-state index contributed by atoms with van der Waals surface area (Å²) < 4.78 is 25.4. The standard InChI is InChI=1S/C6H5F2N2OP/c7-4-1-5(10-12)9-6(8)3(4)2-11/h1-2H,12H2,(H,9,10). The Balaban J connectivity index is 3.27. The molecule has 1 N–H and O–H groups in total. The van der Waals surface area contributed by atoms with Crippen molar-refractivity contribution in [2.75, 3.05) is 5.09 Å². The third-order valence-corrected chi connectivity index (χ3v) is 1.52. The van der Waals surface area contributed by atoms with E-state index in [1.807, 2.05) is 9.39 Å². The van der Waals surface area contributed by atoms with E-state index in [0.717, 1.165) is 6.07 Å². The maximum Gasteiger partial charge on any atom is 0.228 e. The Bertz CT molecular complexity index is 295. The lowest BCUT2D eigenvalue weighted by atomic mass is 10.3. The molecule has 0 aromatic carbocycles. The van der Waals surface area contributed by atoms with E-state index in [2.05, 4.69) is 10.1 Å². The van der Waals surface area contributed by atoms with Crippen molar-refractivity contribution < 1.29 is 13.6 Å². The average Bonchev–Trinajstić information content (AvgIpc) is 2.03. The van der Waals surface area contributed by atoms with Crippen LogP contribution < -0.4 is 5.09 Å². The number of aromatic nitrogens is 1. The highest BCUT2D eigenvalue weighted by molar-refractivity contribution is 7.18. The van der Waals surface area contributed by atoms with Crippen LogP contribution in [0, 0.1) is 11.8 Å². The zero-order valence-electron chi connectivity index (χ0n) is 5.84. The predicted molar refractivity (Wildman–Crippen MR) is 42.9 cm³/mol. The molecule has 0 amide bonds. The Kier molecular flexibility index (Phi) is 2.65. The van der Waals surface area contributed by atoms with Gasteiger partial charge in [-0.15, -0.1) is 0 Å². The van der Waals surface area contributed by atoms with Crippen LogP contribution in [-0.4, -0.2) is 11.3 Å². The summed E-state index contributed by atoms with van der Waals surface area (Å²) in [5.74, 6) is -2.03. The monoisotopic (exact) mass is 190 g/mol. The van der Waals surface area contributed by atoms with Gasteiger partial charge < -0.3 is 5.09 Å². The van der Waals surface area contributed by atoms with Gasteiger partial charge in [0.15, 0.2) is 6.29 Å². The first kappa shape index (κ1) is 9.00. The predicted octanol–water partition coefficient (Wildman–Crippen LogP) is 1.37. The second-order valence-electron chi connectivity index (χ2n) is 1.96. The lowest BCUT2D eigenvalue weighted by molar-refractivity contribution is 0.111. The van der Waals surface area contributed by atoms with Gasteiger partial charge in [-0.25, -0.2) is 9.37 Å². The van der Waals surface area contributed by atoms with Crippen LogP contribution in [0.4, 0.5) is 14.6 Å². The third kappa shape index (κ3) is 1.56. The summed E-state index contributed by atoms with van der Waals surface area (Å²) in [6.07, 6.45) is 0.0875. The fourth-order valence-corrected chi connectivity index (χ4v) is 0.821. The van der Waals surface area contributed by atoms with E-state index < -0.39 is 17.3 Å². The number of nitrogens with one attached hydrogen (secondary N) is 1. The Morgan fingerprint density at radius 2 is 2.25 bits per heavy atom. The van der Waals surface area contributed by atoms with Crippen molar-refractivity contribution in [1.82, 2.24) is 4.98 Å². The Hall–Kier alpha value is -1.09. The summed E-state index contributed by atoms with van der Waals surface area (Å²) in [4.78, 5) is 13.4. The van der Waals surface area contributed by atoms with E-state index in [0.29, 0.717) is 0 Å². The lowest BCUT2D eigenvalue weighted by Gasteiger charge is -2.00. The molecule has 0 radical (unpaired) electrons. The van der Waals surface area contributed by atoms with Crippen molar-refractivity contribution in [3.05, 3.63) is 23.4 Å². The number of carbonyl (C=O) groups is 1. The molecule has 0 aliphatic rings. The molecule has 12 heavy (non-hydrogen) atoms. The molecule has 1 aromatic rings. The highest BCUT2D eigenvalue weighted by Crippen LogP contribution is 2.13. The van der Waals surface area contributed by atoms with E-state index in [-0.39, 0.29) is 12.1 Å². The summed E-state index contributed by atoms with van der Waals surface area (Å²) >= 11 is 0. The molecule has 1 rings (SSSR count). The summed E-state index contributed by atoms with van der Waals surface area (Å²) in [7, 11) is 2.04. The number of nitrogens with zero attached hydrogens (tertiary/aromatic N) is 1. The molecule has 1 unspecified atom stereocenters. The largest absolute Gasteiger partial charge is 0.354 e. The molecule has 0 spiro atoms. The molecule has 64 valence electrons. The van der Waals surface area contributed by atoms with E-state index in [1.54, 1.807) is 0 Å². The van der Waals surface area contributed by atoms with Crippen molar-refractivity contribution >= 4 is 21.5 Å². The Morgan fingerprint density at radius 1 is 1.58 bits per heavy atom. The number of rotatable bonds is 2. The fraction of sp³-hybridized carbons (Fsp3) is 0. The first-order valence-corrected chi connectivity index (χ1v) is 3.54. The highest BCUT2D eigenvalue weighted by atomic mass is 31.0. The quantitative estimate of drug-likeness (QED) is 0.435. The molecule has 0 saturated carbocycles. The van der Waals surface area contributed by atoms with Crippen molar-refractivity contribution in [2.45, 2.75) is 0 Å². The topological polar surface area (TPSA) is 42.0 Å². The van der Waals surface area contributed by atoms with Crippen molar-refractivity contribution in [3.63, 3.8) is 0 Å². The maximum atomic E-state index is 12.7. The smallest absolute Gasteiger partial charge is 0.228 e. The van der Waals surface area contributed by atoms with Crippen LogP contribution in [0.5, 0.6) is 0 Å². The molecule has 0 bridgehead atoms. The zero-order valence-corrected chi connectivity index (χ0v) is 7.00. The van der Waals surface area contributed by atoms with Gasteiger partial charge in [0.25, 0.3) is 0 Å². The van der Waals surface area contributed by atoms with Crippen LogP contribution >= 0.6 is 9.39 Å². The summed E-state index contributed by atoms with van der Waals surface area (Å²) in [5, 5.41) is 2.37. The number of aldehydes is 1. The second-order valence-corrected chi connectivity index (χ2v) is 2.24. The molecule has 0 fully saturated rings. The van der Waals surface area contributed by atoms with Crippen LogP contribution in [0.3, 0.4) is 0 Å². The molecule has 1 atom stereocenters. The molecule has 3 nitrogen and oxygen atoms in total. The normalized spacial score (nSPS) is 9.58. The molecule has 1 heterocycles. The van der Waals surface area contributed by atoms with Crippen molar-refractivity contribution in [2.24, 2.45) is 0 Å². The van der Waals surface area contributed by atoms with E-state index in [9.17, 15) is 13.6 Å².